The van der Waals surface area contributed by atoms with Crippen LogP contribution in [-0.2, 0) is 9.47 Å². The molecule has 1 unspecified atom stereocenters. The fourth-order valence-corrected chi connectivity index (χ4v) is 2.20. The van der Waals surface area contributed by atoms with Crippen molar-refractivity contribution in [3.05, 3.63) is 35.9 Å². The molecule has 1 atom stereocenters. The van der Waals surface area contributed by atoms with Crippen LogP contribution in [0.1, 0.15) is 31.7 Å². The predicted molar refractivity (Wildman–Crippen MR) is 76.2 cm³/mol. The topological polar surface area (TPSA) is 27.7 Å². The summed E-state index contributed by atoms with van der Waals surface area (Å²) in [6.45, 7) is 3.47. The van der Waals surface area contributed by atoms with Gasteiger partial charge >= 0.3 is 0 Å². The summed E-state index contributed by atoms with van der Waals surface area (Å²) in [5, 5.41) is 0. The highest BCUT2D eigenvalue weighted by molar-refractivity contribution is 5.68. The highest BCUT2D eigenvalue weighted by Gasteiger charge is 2.13. The third kappa shape index (κ3) is 4.08. The van der Waals surface area contributed by atoms with Crippen molar-refractivity contribution in [2.45, 2.75) is 32.5 Å². The van der Waals surface area contributed by atoms with Gasteiger partial charge in [0.2, 0.25) is 0 Å². The van der Waals surface area contributed by atoms with Gasteiger partial charge in [0.1, 0.15) is 5.75 Å². The second-order valence-electron chi connectivity index (χ2n) is 4.72. The molecule has 3 heteroatoms. The lowest BCUT2D eigenvalue weighted by Gasteiger charge is -2.22. The van der Waals surface area contributed by atoms with E-state index in [1.165, 1.54) is 6.42 Å². The second-order valence-corrected chi connectivity index (χ2v) is 4.72. The largest absolute Gasteiger partial charge is 0.496 e. The van der Waals surface area contributed by atoms with Gasteiger partial charge in [-0.1, -0.05) is 24.3 Å². The minimum atomic E-state index is -0.0320. The maximum Gasteiger partial charge on any atom is 0.157 e. The Balaban J connectivity index is 1.91. The monoisotopic (exact) mass is 262 g/mol. The number of allylic oxidation sites excluding steroid dienone is 1. The maximum absolute atomic E-state index is 5.71. The Labute approximate surface area is 115 Å². The number of para-hydroxylation sites is 1. The van der Waals surface area contributed by atoms with Crippen LogP contribution in [0.4, 0.5) is 0 Å². The molecule has 0 spiro atoms. The zero-order chi connectivity index (χ0) is 13.5. The van der Waals surface area contributed by atoms with E-state index in [1.54, 1.807) is 7.11 Å². The average molecular weight is 262 g/mol. The highest BCUT2D eigenvalue weighted by Crippen LogP contribution is 2.25. The minimum Gasteiger partial charge on any atom is -0.496 e. The Morgan fingerprint density at radius 1 is 1.37 bits per heavy atom. The Kier molecular flexibility index (Phi) is 5.43. The van der Waals surface area contributed by atoms with Gasteiger partial charge in [-0.15, -0.1) is 0 Å². The Morgan fingerprint density at radius 2 is 2.21 bits per heavy atom. The second kappa shape index (κ2) is 7.31. The number of rotatable bonds is 5. The third-order valence-electron chi connectivity index (χ3n) is 3.34. The predicted octanol–water partition coefficient (Wildman–Crippen LogP) is 3.64. The molecule has 0 radical (unpaired) electrons. The average Bonchev–Trinajstić information content (AvgIpc) is 2.48. The summed E-state index contributed by atoms with van der Waals surface area (Å²) in [4.78, 5) is 0. The molecule has 0 amide bonds. The SMILES string of the molecule is COc1ccccc1/C(C)=C/COC1CCCCO1. The zero-order valence-corrected chi connectivity index (χ0v) is 11.7. The molecule has 0 bridgehead atoms. The number of hydrogen-bond acceptors (Lipinski definition) is 3. The van der Waals surface area contributed by atoms with Crippen molar-refractivity contribution < 1.29 is 14.2 Å². The van der Waals surface area contributed by atoms with Crippen molar-refractivity contribution in [3.63, 3.8) is 0 Å². The lowest BCUT2D eigenvalue weighted by Crippen LogP contribution is -2.22. The van der Waals surface area contributed by atoms with Crippen LogP contribution in [0.2, 0.25) is 0 Å². The van der Waals surface area contributed by atoms with Crippen molar-refractivity contribution in [2.24, 2.45) is 0 Å². The summed E-state index contributed by atoms with van der Waals surface area (Å²) >= 11 is 0. The quantitative estimate of drug-likeness (QED) is 0.810. The normalized spacial score (nSPS) is 20.3. The molecule has 0 aliphatic carbocycles. The zero-order valence-electron chi connectivity index (χ0n) is 11.7. The van der Waals surface area contributed by atoms with Crippen LogP contribution in [0.3, 0.4) is 0 Å². The molecule has 0 aromatic heterocycles. The van der Waals surface area contributed by atoms with Crippen LogP contribution >= 0.6 is 0 Å². The number of benzene rings is 1. The lowest BCUT2D eigenvalue weighted by atomic mass is 10.1. The summed E-state index contributed by atoms with van der Waals surface area (Å²) in [5.41, 5.74) is 2.27. The molecule has 1 fully saturated rings. The summed E-state index contributed by atoms with van der Waals surface area (Å²) in [6, 6.07) is 8.02. The first-order chi connectivity index (χ1) is 9.31. The molecule has 1 aromatic carbocycles. The van der Waals surface area contributed by atoms with Crippen LogP contribution < -0.4 is 4.74 Å². The van der Waals surface area contributed by atoms with Gasteiger partial charge in [-0.05, 0) is 37.8 Å². The molecule has 0 saturated carbocycles. The number of methoxy groups -OCH3 is 1. The minimum absolute atomic E-state index is 0.0320. The Morgan fingerprint density at radius 3 is 2.95 bits per heavy atom. The molecule has 19 heavy (non-hydrogen) atoms. The summed E-state index contributed by atoms with van der Waals surface area (Å²) in [5.74, 6) is 0.894. The van der Waals surface area contributed by atoms with Gasteiger partial charge in [-0.25, -0.2) is 0 Å². The summed E-state index contributed by atoms with van der Waals surface area (Å²) < 4.78 is 16.6. The van der Waals surface area contributed by atoms with Crippen LogP contribution in [0, 0.1) is 0 Å². The van der Waals surface area contributed by atoms with E-state index < -0.39 is 0 Å². The van der Waals surface area contributed by atoms with Gasteiger partial charge in [0.15, 0.2) is 6.29 Å². The van der Waals surface area contributed by atoms with Gasteiger partial charge in [-0.2, -0.15) is 0 Å². The molecule has 0 N–H and O–H groups in total. The van der Waals surface area contributed by atoms with Crippen molar-refractivity contribution >= 4 is 5.57 Å². The van der Waals surface area contributed by atoms with Gasteiger partial charge in [0.05, 0.1) is 13.7 Å². The van der Waals surface area contributed by atoms with Crippen LogP contribution in [0.15, 0.2) is 30.3 Å². The first-order valence-electron chi connectivity index (χ1n) is 6.84. The first kappa shape index (κ1) is 14.1. The van der Waals surface area contributed by atoms with Gasteiger partial charge in [-0.3, -0.25) is 0 Å². The molecule has 1 saturated heterocycles. The first-order valence-corrected chi connectivity index (χ1v) is 6.84. The smallest absolute Gasteiger partial charge is 0.157 e. The molecule has 1 aromatic rings. The molecule has 1 aliphatic heterocycles. The van der Waals surface area contributed by atoms with Crippen LogP contribution in [0.25, 0.3) is 5.57 Å². The number of ether oxygens (including phenoxy) is 3. The molecule has 1 aliphatic rings. The highest BCUT2D eigenvalue weighted by atomic mass is 16.7. The van der Waals surface area contributed by atoms with Gasteiger partial charge < -0.3 is 14.2 Å². The summed E-state index contributed by atoms with van der Waals surface area (Å²) in [6.07, 6.45) is 5.39. The lowest BCUT2D eigenvalue weighted by molar-refractivity contribution is -0.155. The molecular weight excluding hydrogens is 240 g/mol. The van der Waals surface area contributed by atoms with Crippen molar-refractivity contribution in [2.75, 3.05) is 20.3 Å². The van der Waals surface area contributed by atoms with Gasteiger partial charge in [0.25, 0.3) is 0 Å². The molecule has 2 rings (SSSR count). The van der Waals surface area contributed by atoms with Crippen LogP contribution in [0.5, 0.6) is 5.75 Å². The van der Waals surface area contributed by atoms with E-state index in [1.807, 2.05) is 18.2 Å². The van der Waals surface area contributed by atoms with Crippen molar-refractivity contribution in [3.8, 4) is 5.75 Å². The fourth-order valence-electron chi connectivity index (χ4n) is 2.20. The van der Waals surface area contributed by atoms with E-state index in [0.29, 0.717) is 6.61 Å². The van der Waals surface area contributed by atoms with E-state index in [0.717, 1.165) is 36.3 Å². The third-order valence-corrected chi connectivity index (χ3v) is 3.34. The van der Waals surface area contributed by atoms with E-state index in [2.05, 4.69) is 19.1 Å². The molecule has 104 valence electrons. The standard InChI is InChI=1S/C16H22O3/c1-13(14-7-3-4-8-15(14)17-2)10-12-19-16-9-5-6-11-18-16/h3-4,7-8,10,16H,5-6,9,11-12H2,1-2H3/b13-10+. The van der Waals surface area contributed by atoms with Crippen LogP contribution in [-0.4, -0.2) is 26.6 Å². The van der Waals surface area contributed by atoms with E-state index in [4.69, 9.17) is 14.2 Å². The summed E-state index contributed by atoms with van der Waals surface area (Å²) in [7, 11) is 1.69. The van der Waals surface area contributed by atoms with Crippen molar-refractivity contribution in [1.29, 1.82) is 0 Å². The van der Waals surface area contributed by atoms with E-state index in [-0.39, 0.29) is 6.29 Å². The van der Waals surface area contributed by atoms with Crippen molar-refractivity contribution in [1.82, 2.24) is 0 Å². The molecule has 1 heterocycles. The fraction of sp³-hybridized carbons (Fsp3) is 0.500. The van der Waals surface area contributed by atoms with E-state index in [9.17, 15) is 0 Å². The Bertz CT molecular complexity index is 420. The molecular formula is C16H22O3. The molecule has 3 nitrogen and oxygen atoms in total. The van der Waals surface area contributed by atoms with E-state index >= 15 is 0 Å². The Hall–Kier alpha value is -1.32. The number of hydrogen-bond donors (Lipinski definition) is 0. The van der Waals surface area contributed by atoms with Gasteiger partial charge in [0, 0.05) is 12.2 Å². The maximum atomic E-state index is 5.71.